The van der Waals surface area contributed by atoms with E-state index in [4.69, 9.17) is 16.1 Å². The molecule has 0 aliphatic heterocycles. The average molecular weight is 430 g/mol. The number of benzene rings is 2. The van der Waals surface area contributed by atoms with Crippen LogP contribution in [0, 0.1) is 23.1 Å². The van der Waals surface area contributed by atoms with Gasteiger partial charge in [-0.1, -0.05) is 12.5 Å². The topological polar surface area (TPSA) is 108 Å². The highest BCUT2D eigenvalue weighted by molar-refractivity contribution is 5.80. The summed E-state index contributed by atoms with van der Waals surface area (Å²) in [5, 5.41) is 25.3. The van der Waals surface area contributed by atoms with Crippen molar-refractivity contribution >= 4 is 16.7 Å². The third kappa shape index (κ3) is 3.95. The first-order valence-corrected chi connectivity index (χ1v) is 10.8. The molecule has 2 atom stereocenters. The summed E-state index contributed by atoms with van der Waals surface area (Å²) in [5.41, 5.74) is 9.31. The van der Waals surface area contributed by atoms with Gasteiger partial charge in [0.05, 0.1) is 28.7 Å². The van der Waals surface area contributed by atoms with Crippen LogP contribution in [0.5, 0.6) is 0 Å². The summed E-state index contributed by atoms with van der Waals surface area (Å²) >= 11 is 0. The van der Waals surface area contributed by atoms with Crippen LogP contribution >= 0.6 is 0 Å². The molecule has 4 N–H and O–H groups in total. The van der Waals surface area contributed by atoms with Gasteiger partial charge in [-0.25, -0.2) is 9.07 Å². The summed E-state index contributed by atoms with van der Waals surface area (Å²) in [7, 11) is 0. The predicted molar refractivity (Wildman–Crippen MR) is 122 cm³/mol. The number of fused-ring (bicyclic) bond motifs is 1. The van der Waals surface area contributed by atoms with E-state index in [0.717, 1.165) is 60.3 Å². The van der Waals surface area contributed by atoms with Crippen LogP contribution < -0.4 is 11.1 Å². The van der Waals surface area contributed by atoms with Crippen molar-refractivity contribution < 1.29 is 4.39 Å². The number of rotatable bonds is 5. The van der Waals surface area contributed by atoms with Crippen molar-refractivity contribution in [3.8, 4) is 23.0 Å². The van der Waals surface area contributed by atoms with Gasteiger partial charge in [-0.2, -0.15) is 10.4 Å². The van der Waals surface area contributed by atoms with E-state index < -0.39 is 5.82 Å². The van der Waals surface area contributed by atoms with E-state index in [1.54, 1.807) is 16.9 Å². The molecule has 2 heterocycles. The predicted octanol–water partition coefficient (Wildman–Crippen LogP) is 4.36. The molecule has 1 aliphatic rings. The molecule has 0 spiro atoms. The van der Waals surface area contributed by atoms with Gasteiger partial charge in [0.15, 0.2) is 0 Å². The van der Waals surface area contributed by atoms with Crippen LogP contribution in [0.3, 0.4) is 0 Å². The molecule has 0 amide bonds. The van der Waals surface area contributed by atoms with Gasteiger partial charge in [0.25, 0.3) is 0 Å². The molecular weight excluding hydrogens is 405 g/mol. The number of hydrogen-bond donors (Lipinski definition) is 3. The third-order valence-electron chi connectivity index (χ3n) is 6.16. The monoisotopic (exact) mass is 429 g/mol. The number of halogens is 1. The van der Waals surface area contributed by atoms with Gasteiger partial charge in [-0.15, -0.1) is 5.10 Å². The normalized spacial score (nSPS) is 18.5. The molecule has 8 heteroatoms. The Morgan fingerprint density at radius 1 is 1.22 bits per heavy atom. The van der Waals surface area contributed by atoms with Gasteiger partial charge < -0.3 is 11.1 Å². The first kappa shape index (κ1) is 20.2. The molecule has 0 saturated heterocycles. The van der Waals surface area contributed by atoms with Crippen LogP contribution in [0.2, 0.25) is 0 Å². The van der Waals surface area contributed by atoms with E-state index in [9.17, 15) is 4.39 Å². The molecule has 5 rings (SSSR count). The fraction of sp³-hybridized carbons (Fsp3) is 0.292. The molecular formula is C24H24FN7. The lowest BCUT2D eigenvalue weighted by molar-refractivity contribution is 0.335. The van der Waals surface area contributed by atoms with Crippen LogP contribution in [0.15, 0.2) is 48.7 Å². The number of nitrogens with zero attached hydrogens (tertiary/aromatic N) is 4. The summed E-state index contributed by atoms with van der Waals surface area (Å²) in [5.74, 6) is 0.687. The molecule has 32 heavy (non-hydrogen) atoms. The first-order chi connectivity index (χ1) is 15.6. The zero-order valence-corrected chi connectivity index (χ0v) is 17.6. The molecule has 162 valence electrons. The maximum absolute atomic E-state index is 14.4. The Kier molecular flexibility index (Phi) is 5.33. The van der Waals surface area contributed by atoms with Gasteiger partial charge in [0.1, 0.15) is 17.7 Å². The van der Waals surface area contributed by atoms with Crippen molar-refractivity contribution in [3.63, 3.8) is 0 Å². The van der Waals surface area contributed by atoms with Gasteiger partial charge >= 0.3 is 0 Å². The standard InChI is InChI=1S/C24H24FN7/c25-21-10-16(4-5-17(21)12-26)23-11-24(28-13-15-2-1-3-19(27)8-15)31-32(23)20-6-7-22-18(9-20)14-29-30-22/h4-7,9-11,14-15,19H,1-3,8,13,27H2,(H,28,31)(H,29,30)/t15-,19-/m0/s1. The Hall–Kier alpha value is -3.70. The molecule has 1 aliphatic carbocycles. The molecule has 2 aromatic carbocycles. The minimum Gasteiger partial charge on any atom is -0.368 e. The fourth-order valence-corrected chi connectivity index (χ4v) is 4.46. The number of aromatic nitrogens is 4. The van der Waals surface area contributed by atoms with Crippen LogP contribution in [0.1, 0.15) is 31.2 Å². The van der Waals surface area contributed by atoms with E-state index in [1.807, 2.05) is 30.3 Å². The van der Waals surface area contributed by atoms with Crippen molar-refractivity contribution in [2.75, 3.05) is 11.9 Å². The number of nitrogens with two attached hydrogens (primary N) is 1. The van der Waals surface area contributed by atoms with E-state index in [0.29, 0.717) is 11.5 Å². The Bertz CT molecular complexity index is 1300. The quantitative estimate of drug-likeness (QED) is 0.437. The van der Waals surface area contributed by atoms with Crippen LogP contribution in [0.4, 0.5) is 10.2 Å². The molecule has 1 fully saturated rings. The summed E-state index contributed by atoms with van der Waals surface area (Å²) in [4.78, 5) is 0. The van der Waals surface area contributed by atoms with Crippen molar-refractivity contribution in [3.05, 3.63) is 60.0 Å². The summed E-state index contributed by atoms with van der Waals surface area (Å²) < 4.78 is 16.2. The number of nitrogens with one attached hydrogen (secondary N) is 2. The number of aromatic amines is 1. The van der Waals surface area contributed by atoms with Crippen LogP contribution in [-0.2, 0) is 0 Å². The second-order valence-electron chi connectivity index (χ2n) is 8.45. The van der Waals surface area contributed by atoms with E-state index in [1.165, 1.54) is 12.1 Å². The maximum Gasteiger partial charge on any atom is 0.149 e. The second-order valence-corrected chi connectivity index (χ2v) is 8.45. The van der Waals surface area contributed by atoms with Crippen molar-refractivity contribution in [1.82, 2.24) is 20.0 Å². The minimum atomic E-state index is -0.547. The van der Waals surface area contributed by atoms with Crippen LogP contribution in [0.25, 0.3) is 27.8 Å². The summed E-state index contributed by atoms with van der Waals surface area (Å²) in [6, 6.07) is 14.6. The minimum absolute atomic E-state index is 0.0200. The molecule has 1 saturated carbocycles. The Morgan fingerprint density at radius 2 is 2.12 bits per heavy atom. The molecule has 0 bridgehead atoms. The number of anilines is 1. The first-order valence-electron chi connectivity index (χ1n) is 10.8. The molecule has 7 nitrogen and oxygen atoms in total. The number of hydrogen-bond acceptors (Lipinski definition) is 5. The Labute approximate surface area is 185 Å². The largest absolute Gasteiger partial charge is 0.368 e. The average Bonchev–Trinajstić information content (AvgIpc) is 3.44. The van der Waals surface area contributed by atoms with E-state index >= 15 is 0 Å². The number of nitriles is 1. The van der Waals surface area contributed by atoms with E-state index in [-0.39, 0.29) is 11.6 Å². The fourth-order valence-electron chi connectivity index (χ4n) is 4.46. The second kappa shape index (κ2) is 8.44. The van der Waals surface area contributed by atoms with Gasteiger partial charge in [0, 0.05) is 29.6 Å². The summed E-state index contributed by atoms with van der Waals surface area (Å²) in [6.07, 6.45) is 6.18. The zero-order valence-electron chi connectivity index (χ0n) is 17.6. The van der Waals surface area contributed by atoms with Crippen molar-refractivity contribution in [1.29, 1.82) is 5.26 Å². The smallest absolute Gasteiger partial charge is 0.149 e. The Balaban J connectivity index is 1.51. The van der Waals surface area contributed by atoms with Crippen molar-refractivity contribution in [2.24, 2.45) is 11.7 Å². The van der Waals surface area contributed by atoms with Gasteiger partial charge in [-0.05, 0) is 55.5 Å². The lowest BCUT2D eigenvalue weighted by Gasteiger charge is -2.26. The Morgan fingerprint density at radius 3 is 2.94 bits per heavy atom. The SMILES string of the molecule is N#Cc1ccc(-c2cc(NC[C@H]3CCC[C@H](N)C3)nn2-c2ccc3[nH]ncc3c2)cc1F. The highest BCUT2D eigenvalue weighted by Crippen LogP contribution is 2.29. The summed E-state index contributed by atoms with van der Waals surface area (Å²) in [6.45, 7) is 0.798. The zero-order chi connectivity index (χ0) is 22.1. The van der Waals surface area contributed by atoms with E-state index in [2.05, 4.69) is 15.5 Å². The maximum atomic E-state index is 14.4. The molecule has 4 aromatic rings. The molecule has 0 radical (unpaired) electrons. The lowest BCUT2D eigenvalue weighted by Crippen LogP contribution is -2.31. The van der Waals surface area contributed by atoms with Gasteiger partial charge in [-0.3, -0.25) is 5.10 Å². The van der Waals surface area contributed by atoms with Crippen LogP contribution in [-0.4, -0.2) is 32.6 Å². The molecule has 2 aromatic heterocycles. The highest BCUT2D eigenvalue weighted by Gasteiger charge is 2.20. The van der Waals surface area contributed by atoms with Crippen molar-refractivity contribution in [2.45, 2.75) is 31.7 Å². The molecule has 0 unspecified atom stereocenters. The lowest BCUT2D eigenvalue weighted by atomic mass is 9.86. The number of H-pyrrole nitrogens is 1. The highest BCUT2D eigenvalue weighted by atomic mass is 19.1. The van der Waals surface area contributed by atoms with Gasteiger partial charge in [0.2, 0.25) is 0 Å². The third-order valence-corrected chi connectivity index (χ3v) is 6.16.